The maximum atomic E-state index is 13.1. The van der Waals surface area contributed by atoms with Gasteiger partial charge in [-0.3, -0.25) is 14.6 Å². The van der Waals surface area contributed by atoms with E-state index in [-0.39, 0.29) is 20.2 Å². The standard InChI is InChI=1S/C25H25N4O4P/c1-4-5-6-21(26-2)23-27-15-20(25(31)29-23)24(30)28-22(16-7-11-18(33-3)12-8-16)17-9-13-19(34-32)14-10-17/h4-15,22,32,34H,2H2,1,3H3,(H,28,30)(H,27,29,31)/b5-4-,21-6-. The van der Waals surface area contributed by atoms with Crippen molar-refractivity contribution in [3.63, 3.8) is 0 Å². The van der Waals surface area contributed by atoms with Crippen LogP contribution in [0.2, 0.25) is 0 Å². The summed E-state index contributed by atoms with van der Waals surface area (Å²) in [4.78, 5) is 45.8. The minimum absolute atomic E-state index is 0.134. The molecule has 0 bridgehead atoms. The lowest BCUT2D eigenvalue weighted by molar-refractivity contribution is 0.0941. The van der Waals surface area contributed by atoms with Crippen molar-refractivity contribution >= 4 is 32.4 Å². The zero-order chi connectivity index (χ0) is 24.5. The van der Waals surface area contributed by atoms with Crippen molar-refractivity contribution in [3.05, 3.63) is 106 Å². The van der Waals surface area contributed by atoms with Crippen molar-refractivity contribution < 1.29 is 14.4 Å². The van der Waals surface area contributed by atoms with E-state index in [0.29, 0.717) is 11.4 Å². The molecule has 2 aromatic carbocycles. The number of methoxy groups -OCH3 is 1. The van der Waals surface area contributed by atoms with Crippen molar-refractivity contribution in [2.45, 2.75) is 13.0 Å². The maximum Gasteiger partial charge on any atom is 0.264 e. The average Bonchev–Trinajstić information content (AvgIpc) is 2.88. The molecule has 8 nitrogen and oxygen atoms in total. The van der Waals surface area contributed by atoms with E-state index in [4.69, 9.17) is 4.74 Å². The van der Waals surface area contributed by atoms with Gasteiger partial charge in [0.25, 0.3) is 11.5 Å². The van der Waals surface area contributed by atoms with Crippen LogP contribution in [0.25, 0.3) is 5.70 Å². The Labute approximate surface area is 199 Å². The molecule has 3 rings (SSSR count). The number of aliphatic imine (C=N–C) groups is 1. The third-order valence-electron chi connectivity index (χ3n) is 5.00. The first kappa shape index (κ1) is 24.8. The molecule has 0 saturated heterocycles. The number of nitrogens with zero attached hydrogens (tertiary/aromatic N) is 2. The Morgan fingerprint density at radius 1 is 1.21 bits per heavy atom. The summed E-state index contributed by atoms with van der Waals surface area (Å²) in [6.45, 7) is 5.34. The predicted octanol–water partition coefficient (Wildman–Crippen LogP) is 3.13. The van der Waals surface area contributed by atoms with E-state index in [2.05, 4.69) is 27.0 Å². The zero-order valence-corrected chi connectivity index (χ0v) is 19.8. The van der Waals surface area contributed by atoms with Crippen molar-refractivity contribution in [1.29, 1.82) is 0 Å². The number of aromatic amines is 1. The van der Waals surface area contributed by atoms with E-state index >= 15 is 0 Å². The Morgan fingerprint density at radius 2 is 1.85 bits per heavy atom. The van der Waals surface area contributed by atoms with E-state index in [9.17, 15) is 14.5 Å². The van der Waals surface area contributed by atoms with Crippen molar-refractivity contribution in [3.8, 4) is 5.75 Å². The van der Waals surface area contributed by atoms with Gasteiger partial charge in [-0.1, -0.05) is 48.6 Å². The van der Waals surface area contributed by atoms with Crippen LogP contribution in [0.15, 0.2) is 82.7 Å². The highest BCUT2D eigenvalue weighted by Crippen LogP contribution is 2.25. The molecule has 0 aliphatic carbocycles. The van der Waals surface area contributed by atoms with Gasteiger partial charge in [0.1, 0.15) is 17.0 Å². The Morgan fingerprint density at radius 3 is 2.38 bits per heavy atom. The summed E-state index contributed by atoms with van der Waals surface area (Å²) in [5.74, 6) is 0.307. The highest BCUT2D eigenvalue weighted by atomic mass is 31.1. The van der Waals surface area contributed by atoms with Gasteiger partial charge in [-0.2, -0.15) is 0 Å². The molecule has 0 aliphatic rings. The monoisotopic (exact) mass is 476 g/mol. The normalized spacial score (nSPS) is 12.7. The van der Waals surface area contributed by atoms with Crippen LogP contribution < -0.4 is 20.9 Å². The summed E-state index contributed by atoms with van der Waals surface area (Å²) in [6.07, 6.45) is 6.42. The van der Waals surface area contributed by atoms with Gasteiger partial charge in [0.05, 0.1) is 13.2 Å². The fraction of sp³-hybridized carbons (Fsp3) is 0.120. The van der Waals surface area contributed by atoms with Gasteiger partial charge in [-0.25, -0.2) is 4.98 Å². The summed E-state index contributed by atoms with van der Waals surface area (Å²) < 4.78 is 5.23. The van der Waals surface area contributed by atoms with Crippen LogP contribution in [0.4, 0.5) is 0 Å². The fourth-order valence-corrected chi connectivity index (χ4v) is 3.51. The van der Waals surface area contributed by atoms with Crippen molar-refractivity contribution in [1.82, 2.24) is 15.3 Å². The molecule has 3 aromatic rings. The number of H-pyrrole nitrogens is 1. The lowest BCUT2D eigenvalue weighted by Crippen LogP contribution is -2.34. The van der Waals surface area contributed by atoms with Gasteiger partial charge in [-0.05, 0) is 48.3 Å². The van der Waals surface area contributed by atoms with E-state index < -0.39 is 17.5 Å². The van der Waals surface area contributed by atoms with Crippen LogP contribution in [0.1, 0.15) is 40.3 Å². The van der Waals surface area contributed by atoms with Crippen LogP contribution in [0, 0.1) is 0 Å². The van der Waals surface area contributed by atoms with Crippen molar-refractivity contribution in [2.24, 2.45) is 4.99 Å². The molecular weight excluding hydrogens is 451 g/mol. The van der Waals surface area contributed by atoms with E-state index in [1.165, 1.54) is 6.20 Å². The first-order chi connectivity index (χ1) is 16.5. The quantitative estimate of drug-likeness (QED) is 0.249. The first-order valence-corrected chi connectivity index (χ1v) is 11.3. The Hall–Kier alpha value is -3.87. The molecule has 3 N–H and O–H groups in total. The number of allylic oxidation sites excluding steroid dienone is 3. The van der Waals surface area contributed by atoms with Crippen molar-refractivity contribution in [2.75, 3.05) is 7.11 Å². The first-order valence-electron chi connectivity index (χ1n) is 10.3. The Kier molecular flexibility index (Phi) is 8.62. The Bertz CT molecular complexity index is 1220. The highest BCUT2D eigenvalue weighted by Gasteiger charge is 2.21. The van der Waals surface area contributed by atoms with E-state index in [1.807, 2.05) is 31.2 Å². The maximum absolute atomic E-state index is 13.1. The second-order valence-corrected chi connectivity index (χ2v) is 7.92. The van der Waals surface area contributed by atoms with Gasteiger partial charge in [-0.15, -0.1) is 0 Å². The number of rotatable bonds is 9. The van der Waals surface area contributed by atoms with E-state index in [0.717, 1.165) is 16.4 Å². The van der Waals surface area contributed by atoms with Gasteiger partial charge >= 0.3 is 0 Å². The molecule has 0 aliphatic heterocycles. The van der Waals surface area contributed by atoms with Gasteiger partial charge < -0.3 is 19.9 Å². The highest BCUT2D eigenvalue weighted by molar-refractivity contribution is 7.40. The largest absolute Gasteiger partial charge is 0.497 e. The van der Waals surface area contributed by atoms with Crippen LogP contribution in [-0.4, -0.2) is 34.6 Å². The summed E-state index contributed by atoms with van der Waals surface area (Å²) in [5, 5.41) is 3.69. The number of benzene rings is 2. The van der Waals surface area contributed by atoms with Crippen LogP contribution in [-0.2, 0) is 0 Å². The number of ether oxygens (including phenoxy) is 1. The molecule has 9 heteroatoms. The topological polar surface area (TPSA) is 117 Å². The molecule has 0 fully saturated rings. The second-order valence-electron chi connectivity index (χ2n) is 7.12. The summed E-state index contributed by atoms with van der Waals surface area (Å²) in [5.41, 5.74) is 1.23. The van der Waals surface area contributed by atoms with Gasteiger partial charge in [0, 0.05) is 15.0 Å². The summed E-state index contributed by atoms with van der Waals surface area (Å²) >= 11 is 0. The molecule has 0 radical (unpaired) electrons. The molecule has 1 aromatic heterocycles. The minimum atomic E-state index is -0.595. The molecule has 0 saturated carbocycles. The molecule has 2 atom stereocenters. The smallest absolute Gasteiger partial charge is 0.264 e. The SMILES string of the molecule is C=N/C(=C\C=C/C)c1ncc(C(=O)NC(c2ccc(OC)cc2)c2ccc(PO)cc2)c(=O)[nH]1. The molecular formula is C25H25N4O4P. The zero-order valence-electron chi connectivity index (χ0n) is 18.8. The van der Waals surface area contributed by atoms with Crippen LogP contribution >= 0.6 is 8.81 Å². The number of hydrogen-bond donors (Lipinski definition) is 3. The fourth-order valence-electron chi connectivity index (χ4n) is 3.20. The molecule has 2 unspecified atom stereocenters. The number of carbonyl (C=O) groups is 1. The lowest BCUT2D eigenvalue weighted by Gasteiger charge is -2.20. The number of amides is 1. The average molecular weight is 476 g/mol. The summed E-state index contributed by atoms with van der Waals surface area (Å²) in [7, 11) is 1.25. The van der Waals surface area contributed by atoms with Gasteiger partial charge in [0.15, 0.2) is 5.82 Å². The number of aromatic nitrogens is 2. The molecule has 174 valence electrons. The van der Waals surface area contributed by atoms with Crippen LogP contribution in [0.5, 0.6) is 5.75 Å². The lowest BCUT2D eigenvalue weighted by atomic mass is 9.98. The van der Waals surface area contributed by atoms with Gasteiger partial charge in [0.2, 0.25) is 0 Å². The third-order valence-corrected chi connectivity index (χ3v) is 5.59. The molecule has 0 spiro atoms. The van der Waals surface area contributed by atoms with Crippen LogP contribution in [0.3, 0.4) is 0 Å². The molecule has 1 heterocycles. The number of nitrogens with one attached hydrogen (secondary N) is 2. The minimum Gasteiger partial charge on any atom is -0.497 e. The molecule has 34 heavy (non-hydrogen) atoms. The number of hydrogen-bond acceptors (Lipinski definition) is 6. The number of carbonyl (C=O) groups excluding carboxylic acids is 1. The Balaban J connectivity index is 1.94. The van der Waals surface area contributed by atoms with E-state index in [1.54, 1.807) is 49.6 Å². The predicted molar refractivity (Wildman–Crippen MR) is 136 cm³/mol. The second kappa shape index (κ2) is 11.8. The molecule has 1 amide bonds. The third kappa shape index (κ3) is 5.92. The summed E-state index contributed by atoms with van der Waals surface area (Å²) in [6, 6.07) is 14.0.